The van der Waals surface area contributed by atoms with Crippen LogP contribution in [0.3, 0.4) is 0 Å². The van der Waals surface area contributed by atoms with Crippen LogP contribution < -0.4 is 0 Å². The largest absolute Gasteiger partial charge is 0.366 e. The van der Waals surface area contributed by atoms with E-state index < -0.39 is 0 Å². The molecule has 0 aromatic carbocycles. The van der Waals surface area contributed by atoms with Crippen molar-refractivity contribution in [1.29, 1.82) is 0 Å². The monoisotopic (exact) mass is 119 g/mol. The van der Waals surface area contributed by atoms with Gasteiger partial charge in [-0.15, -0.1) is 0 Å². The summed E-state index contributed by atoms with van der Waals surface area (Å²) < 4.78 is 0. The maximum absolute atomic E-state index is 10.8. The molecule has 1 aromatic heterocycles. The molecule has 0 amide bonds. The minimum absolute atomic E-state index is 0.103. The SMILES string of the molecule is O=C1C=Cc2c[nH]cc21. The van der Waals surface area contributed by atoms with Crippen LogP contribution in [0.25, 0.3) is 6.08 Å². The molecule has 0 radical (unpaired) electrons. The smallest absolute Gasteiger partial charge is 0.187 e. The zero-order chi connectivity index (χ0) is 6.27. The summed E-state index contributed by atoms with van der Waals surface area (Å²) in [6.07, 6.45) is 6.93. The van der Waals surface area contributed by atoms with Gasteiger partial charge in [-0.05, 0) is 12.2 Å². The lowest BCUT2D eigenvalue weighted by atomic mass is 10.2. The van der Waals surface area contributed by atoms with Crippen molar-refractivity contribution in [3.63, 3.8) is 0 Å². The lowest BCUT2D eigenvalue weighted by Crippen LogP contribution is -1.85. The molecule has 0 spiro atoms. The van der Waals surface area contributed by atoms with Crippen LogP contribution in [0.15, 0.2) is 18.5 Å². The van der Waals surface area contributed by atoms with E-state index in [0.717, 1.165) is 11.1 Å². The minimum atomic E-state index is 0.103. The molecular weight excluding hydrogens is 114 g/mol. The number of aromatic nitrogens is 1. The second-order valence-electron chi connectivity index (χ2n) is 2.02. The molecule has 0 saturated heterocycles. The van der Waals surface area contributed by atoms with Crippen molar-refractivity contribution in [1.82, 2.24) is 4.98 Å². The maximum Gasteiger partial charge on any atom is 0.187 e. The summed E-state index contributed by atoms with van der Waals surface area (Å²) in [7, 11) is 0. The molecule has 2 heteroatoms. The zero-order valence-corrected chi connectivity index (χ0v) is 4.72. The highest BCUT2D eigenvalue weighted by Crippen LogP contribution is 2.17. The predicted molar refractivity (Wildman–Crippen MR) is 34.2 cm³/mol. The Balaban J connectivity index is 2.73. The standard InChI is InChI=1S/C7H5NO/c9-7-2-1-5-3-8-4-6(5)7/h1-4,8H. The highest BCUT2D eigenvalue weighted by Gasteiger charge is 2.12. The molecule has 0 saturated carbocycles. The van der Waals surface area contributed by atoms with Gasteiger partial charge in [0, 0.05) is 23.5 Å². The number of hydrogen-bond donors (Lipinski definition) is 1. The van der Waals surface area contributed by atoms with Gasteiger partial charge in [0.05, 0.1) is 0 Å². The zero-order valence-electron chi connectivity index (χ0n) is 4.72. The van der Waals surface area contributed by atoms with Crippen LogP contribution in [0.1, 0.15) is 15.9 Å². The average molecular weight is 119 g/mol. The number of hydrogen-bond acceptors (Lipinski definition) is 1. The lowest BCUT2D eigenvalue weighted by Gasteiger charge is -1.79. The van der Waals surface area contributed by atoms with Gasteiger partial charge in [-0.25, -0.2) is 0 Å². The van der Waals surface area contributed by atoms with Crippen molar-refractivity contribution in [3.05, 3.63) is 29.6 Å². The molecule has 1 N–H and O–H groups in total. The average Bonchev–Trinajstić information content (AvgIpc) is 2.35. The number of ketones is 1. The Kier molecular flexibility index (Phi) is 0.681. The first-order valence-corrected chi connectivity index (χ1v) is 2.77. The number of carbonyl (C=O) groups is 1. The van der Waals surface area contributed by atoms with E-state index in [2.05, 4.69) is 4.98 Å². The Bertz CT molecular complexity index is 283. The molecule has 1 heterocycles. The van der Waals surface area contributed by atoms with Crippen molar-refractivity contribution in [2.24, 2.45) is 0 Å². The first kappa shape index (κ1) is 4.56. The van der Waals surface area contributed by atoms with Gasteiger partial charge in [-0.1, -0.05) is 0 Å². The second-order valence-corrected chi connectivity index (χ2v) is 2.02. The van der Waals surface area contributed by atoms with E-state index in [1.807, 2.05) is 12.3 Å². The maximum atomic E-state index is 10.8. The lowest BCUT2D eigenvalue weighted by molar-refractivity contribution is 0.105. The molecule has 1 aliphatic rings. The molecule has 0 atom stereocenters. The topological polar surface area (TPSA) is 32.9 Å². The number of rotatable bonds is 0. The van der Waals surface area contributed by atoms with Crippen molar-refractivity contribution < 1.29 is 4.79 Å². The van der Waals surface area contributed by atoms with Gasteiger partial charge in [0.1, 0.15) is 0 Å². The normalized spacial score (nSPS) is 14.4. The number of fused-ring (bicyclic) bond motifs is 1. The van der Waals surface area contributed by atoms with Gasteiger partial charge in [-0.3, -0.25) is 4.79 Å². The van der Waals surface area contributed by atoms with Crippen LogP contribution in [-0.4, -0.2) is 10.8 Å². The molecule has 0 fully saturated rings. The fraction of sp³-hybridized carbons (Fsp3) is 0. The third-order valence-electron chi connectivity index (χ3n) is 1.46. The first-order valence-electron chi connectivity index (χ1n) is 2.77. The van der Waals surface area contributed by atoms with Crippen LogP contribution in [0.4, 0.5) is 0 Å². The molecule has 0 unspecified atom stereocenters. The highest BCUT2D eigenvalue weighted by molar-refractivity contribution is 6.13. The van der Waals surface area contributed by atoms with Crippen molar-refractivity contribution in [2.45, 2.75) is 0 Å². The Hall–Kier alpha value is -1.31. The Morgan fingerprint density at radius 2 is 2.11 bits per heavy atom. The third kappa shape index (κ3) is 0.470. The van der Waals surface area contributed by atoms with E-state index >= 15 is 0 Å². The molecule has 9 heavy (non-hydrogen) atoms. The summed E-state index contributed by atoms with van der Waals surface area (Å²) in [5, 5.41) is 0. The van der Waals surface area contributed by atoms with Crippen LogP contribution >= 0.6 is 0 Å². The first-order chi connectivity index (χ1) is 4.38. The number of carbonyl (C=O) groups excluding carboxylic acids is 1. The second kappa shape index (κ2) is 1.35. The predicted octanol–water partition coefficient (Wildman–Crippen LogP) is 1.22. The third-order valence-corrected chi connectivity index (χ3v) is 1.46. The van der Waals surface area contributed by atoms with E-state index in [0.29, 0.717) is 0 Å². The van der Waals surface area contributed by atoms with Gasteiger partial charge in [0.15, 0.2) is 5.78 Å². The summed E-state index contributed by atoms with van der Waals surface area (Å²) in [5.41, 5.74) is 1.79. The van der Waals surface area contributed by atoms with Crippen molar-refractivity contribution >= 4 is 11.9 Å². The quantitative estimate of drug-likeness (QED) is 0.547. The van der Waals surface area contributed by atoms with Crippen LogP contribution in [-0.2, 0) is 0 Å². The molecule has 2 rings (SSSR count). The molecular formula is C7H5NO. The van der Waals surface area contributed by atoms with E-state index in [1.165, 1.54) is 0 Å². The number of allylic oxidation sites excluding steroid dienone is 1. The molecule has 0 aliphatic heterocycles. The molecule has 2 nitrogen and oxygen atoms in total. The van der Waals surface area contributed by atoms with E-state index in [4.69, 9.17) is 0 Å². The molecule has 1 aromatic rings. The van der Waals surface area contributed by atoms with Crippen LogP contribution in [0.2, 0.25) is 0 Å². The Morgan fingerprint density at radius 3 is 2.89 bits per heavy atom. The summed E-state index contributed by atoms with van der Waals surface area (Å²) in [5.74, 6) is 0.103. The fourth-order valence-electron chi connectivity index (χ4n) is 0.982. The van der Waals surface area contributed by atoms with Gasteiger partial charge < -0.3 is 4.98 Å². The summed E-state index contributed by atoms with van der Waals surface area (Å²) >= 11 is 0. The van der Waals surface area contributed by atoms with Gasteiger partial charge >= 0.3 is 0 Å². The van der Waals surface area contributed by atoms with E-state index in [-0.39, 0.29) is 5.78 Å². The summed E-state index contributed by atoms with van der Waals surface area (Å²) in [6, 6.07) is 0. The number of aromatic amines is 1. The number of nitrogens with one attached hydrogen (secondary N) is 1. The van der Waals surface area contributed by atoms with Gasteiger partial charge in [0.25, 0.3) is 0 Å². The molecule has 44 valence electrons. The highest BCUT2D eigenvalue weighted by atomic mass is 16.1. The van der Waals surface area contributed by atoms with Crippen molar-refractivity contribution in [3.8, 4) is 0 Å². The Morgan fingerprint density at radius 1 is 1.22 bits per heavy atom. The van der Waals surface area contributed by atoms with E-state index in [9.17, 15) is 4.79 Å². The van der Waals surface area contributed by atoms with Gasteiger partial charge in [0.2, 0.25) is 0 Å². The van der Waals surface area contributed by atoms with E-state index in [1.54, 1.807) is 12.3 Å². The minimum Gasteiger partial charge on any atom is -0.366 e. The molecule has 1 aliphatic carbocycles. The fourth-order valence-corrected chi connectivity index (χ4v) is 0.982. The summed E-state index contributed by atoms with van der Waals surface area (Å²) in [6.45, 7) is 0. The Labute approximate surface area is 52.2 Å². The van der Waals surface area contributed by atoms with Gasteiger partial charge in [-0.2, -0.15) is 0 Å². The van der Waals surface area contributed by atoms with Crippen LogP contribution in [0, 0.1) is 0 Å². The van der Waals surface area contributed by atoms with Crippen molar-refractivity contribution in [2.75, 3.05) is 0 Å². The summed E-state index contributed by atoms with van der Waals surface area (Å²) in [4.78, 5) is 13.7. The number of H-pyrrole nitrogens is 1. The van der Waals surface area contributed by atoms with Crippen LogP contribution in [0.5, 0.6) is 0 Å². The molecule has 0 bridgehead atoms.